The minimum atomic E-state index is -0.877. The number of aromatic nitrogens is 1. The molecular weight excluding hydrogens is 250 g/mol. The summed E-state index contributed by atoms with van der Waals surface area (Å²) in [6.45, 7) is 3.97. The zero-order valence-corrected chi connectivity index (χ0v) is 11.7. The lowest BCUT2D eigenvalue weighted by Crippen LogP contribution is -2.06. The van der Waals surface area contributed by atoms with Gasteiger partial charge in [-0.05, 0) is 38.3 Å². The van der Waals surface area contributed by atoms with Crippen molar-refractivity contribution in [3.63, 3.8) is 0 Å². The molecule has 0 aliphatic heterocycles. The van der Waals surface area contributed by atoms with Crippen molar-refractivity contribution < 1.29 is 9.90 Å². The van der Waals surface area contributed by atoms with Crippen LogP contribution in [0.5, 0.6) is 0 Å². The average molecular weight is 267 g/mol. The molecule has 3 nitrogen and oxygen atoms in total. The van der Waals surface area contributed by atoms with Gasteiger partial charge in [-0.15, -0.1) is 0 Å². The fourth-order valence-electron chi connectivity index (χ4n) is 2.47. The van der Waals surface area contributed by atoms with E-state index in [0.29, 0.717) is 11.5 Å². The monoisotopic (exact) mass is 267 g/mol. The SMILES string of the molecule is Cc1ccc(-c2nc(C3CC3)c(C(=O)O)cc2C)cc1. The van der Waals surface area contributed by atoms with Gasteiger partial charge in [-0.3, -0.25) is 4.98 Å². The van der Waals surface area contributed by atoms with Crippen LogP contribution in [0.3, 0.4) is 0 Å². The molecule has 1 aliphatic carbocycles. The molecule has 3 heteroatoms. The Morgan fingerprint density at radius 3 is 2.40 bits per heavy atom. The number of carbonyl (C=O) groups is 1. The third kappa shape index (κ3) is 2.31. The number of aromatic carboxylic acids is 1. The molecule has 1 fully saturated rings. The second-order valence-electron chi connectivity index (χ2n) is 5.53. The highest BCUT2D eigenvalue weighted by atomic mass is 16.4. The summed E-state index contributed by atoms with van der Waals surface area (Å²) in [6, 6.07) is 9.96. The van der Waals surface area contributed by atoms with Crippen molar-refractivity contribution >= 4 is 5.97 Å². The highest BCUT2D eigenvalue weighted by Crippen LogP contribution is 2.42. The molecular formula is C17H17NO2. The van der Waals surface area contributed by atoms with Crippen LogP contribution in [0.1, 0.15) is 45.9 Å². The van der Waals surface area contributed by atoms with E-state index in [2.05, 4.69) is 17.1 Å². The van der Waals surface area contributed by atoms with Crippen LogP contribution in [-0.4, -0.2) is 16.1 Å². The van der Waals surface area contributed by atoms with E-state index in [1.807, 2.05) is 26.0 Å². The predicted octanol–water partition coefficient (Wildman–Crippen LogP) is 3.94. The van der Waals surface area contributed by atoms with Crippen LogP contribution < -0.4 is 0 Å². The first-order chi connectivity index (χ1) is 9.56. The van der Waals surface area contributed by atoms with E-state index in [0.717, 1.165) is 35.4 Å². The molecule has 0 spiro atoms. The highest BCUT2D eigenvalue weighted by molar-refractivity contribution is 5.90. The van der Waals surface area contributed by atoms with E-state index in [4.69, 9.17) is 0 Å². The van der Waals surface area contributed by atoms with Crippen LogP contribution in [0.15, 0.2) is 30.3 Å². The zero-order valence-electron chi connectivity index (χ0n) is 11.7. The number of hydrogen-bond donors (Lipinski definition) is 1. The smallest absolute Gasteiger partial charge is 0.337 e. The van der Waals surface area contributed by atoms with Crippen LogP contribution in [-0.2, 0) is 0 Å². The number of carboxylic acids is 1. The Bertz CT molecular complexity index is 670. The average Bonchev–Trinajstić information content (AvgIpc) is 3.24. The Balaban J connectivity index is 2.14. The van der Waals surface area contributed by atoms with Crippen molar-refractivity contribution in [2.45, 2.75) is 32.6 Å². The first-order valence-electron chi connectivity index (χ1n) is 6.88. The summed E-state index contributed by atoms with van der Waals surface area (Å²) < 4.78 is 0. The number of carboxylic acid groups (broad SMARTS) is 1. The summed E-state index contributed by atoms with van der Waals surface area (Å²) in [5, 5.41) is 9.32. The molecule has 0 radical (unpaired) electrons. The summed E-state index contributed by atoms with van der Waals surface area (Å²) in [5.74, 6) is -0.552. The van der Waals surface area contributed by atoms with Gasteiger partial charge in [0.15, 0.2) is 0 Å². The van der Waals surface area contributed by atoms with Crippen LogP contribution in [0.4, 0.5) is 0 Å². The summed E-state index contributed by atoms with van der Waals surface area (Å²) >= 11 is 0. The van der Waals surface area contributed by atoms with Gasteiger partial charge in [0, 0.05) is 11.5 Å². The van der Waals surface area contributed by atoms with Crippen LogP contribution in [0.25, 0.3) is 11.3 Å². The van der Waals surface area contributed by atoms with Crippen molar-refractivity contribution in [1.29, 1.82) is 0 Å². The molecule has 1 N–H and O–H groups in total. The van der Waals surface area contributed by atoms with Gasteiger partial charge in [0.1, 0.15) is 0 Å². The Labute approximate surface area is 118 Å². The summed E-state index contributed by atoms with van der Waals surface area (Å²) in [4.78, 5) is 16.0. The predicted molar refractivity (Wildman–Crippen MR) is 78.1 cm³/mol. The molecule has 1 heterocycles. The fraction of sp³-hybridized carbons (Fsp3) is 0.294. The maximum Gasteiger partial charge on any atom is 0.337 e. The van der Waals surface area contributed by atoms with Gasteiger partial charge in [0.05, 0.1) is 17.0 Å². The Kier molecular flexibility index (Phi) is 3.05. The minimum absolute atomic E-state index is 0.325. The number of pyridine rings is 1. The molecule has 3 rings (SSSR count). The normalized spacial score (nSPS) is 14.3. The third-order valence-corrected chi connectivity index (χ3v) is 3.76. The minimum Gasteiger partial charge on any atom is -0.478 e. The molecule has 0 amide bonds. The fourth-order valence-corrected chi connectivity index (χ4v) is 2.47. The molecule has 2 aromatic rings. The highest BCUT2D eigenvalue weighted by Gasteiger charge is 2.30. The molecule has 0 atom stereocenters. The van der Waals surface area contributed by atoms with E-state index in [1.54, 1.807) is 6.07 Å². The van der Waals surface area contributed by atoms with Gasteiger partial charge in [-0.25, -0.2) is 4.79 Å². The maximum atomic E-state index is 11.4. The van der Waals surface area contributed by atoms with Crippen molar-refractivity contribution in [2.24, 2.45) is 0 Å². The summed E-state index contributed by atoms with van der Waals surface area (Å²) in [5.41, 5.74) is 5.18. The second-order valence-corrected chi connectivity index (χ2v) is 5.53. The molecule has 1 aliphatic rings. The van der Waals surface area contributed by atoms with E-state index in [9.17, 15) is 9.90 Å². The van der Waals surface area contributed by atoms with Gasteiger partial charge in [-0.1, -0.05) is 29.8 Å². The molecule has 0 bridgehead atoms. The molecule has 0 saturated heterocycles. The summed E-state index contributed by atoms with van der Waals surface area (Å²) in [6.07, 6.45) is 2.09. The topological polar surface area (TPSA) is 50.2 Å². The first kappa shape index (κ1) is 12.9. The molecule has 1 aromatic carbocycles. The standard InChI is InChI=1S/C17H17NO2/c1-10-3-5-12(6-4-10)15-11(2)9-14(17(19)20)16(18-15)13-7-8-13/h3-6,9,13H,7-8H2,1-2H3,(H,19,20). The molecule has 1 aromatic heterocycles. The van der Waals surface area contributed by atoms with Gasteiger partial charge in [0.2, 0.25) is 0 Å². The van der Waals surface area contributed by atoms with Gasteiger partial charge in [-0.2, -0.15) is 0 Å². The third-order valence-electron chi connectivity index (χ3n) is 3.76. The second kappa shape index (κ2) is 4.75. The Morgan fingerprint density at radius 1 is 1.20 bits per heavy atom. The van der Waals surface area contributed by atoms with Gasteiger partial charge in [0.25, 0.3) is 0 Å². The zero-order chi connectivity index (χ0) is 14.3. The Hall–Kier alpha value is -2.16. The largest absolute Gasteiger partial charge is 0.478 e. The quantitative estimate of drug-likeness (QED) is 0.916. The van der Waals surface area contributed by atoms with E-state index < -0.39 is 5.97 Å². The lowest BCUT2D eigenvalue weighted by atomic mass is 10.0. The van der Waals surface area contributed by atoms with Gasteiger partial charge < -0.3 is 5.11 Å². The van der Waals surface area contributed by atoms with E-state index >= 15 is 0 Å². The lowest BCUT2D eigenvalue weighted by Gasteiger charge is -2.11. The summed E-state index contributed by atoms with van der Waals surface area (Å²) in [7, 11) is 0. The van der Waals surface area contributed by atoms with E-state index in [-0.39, 0.29) is 0 Å². The number of rotatable bonds is 3. The maximum absolute atomic E-state index is 11.4. The van der Waals surface area contributed by atoms with Crippen LogP contribution in [0, 0.1) is 13.8 Å². The van der Waals surface area contributed by atoms with Crippen LogP contribution in [0.2, 0.25) is 0 Å². The number of benzene rings is 1. The van der Waals surface area contributed by atoms with Gasteiger partial charge >= 0.3 is 5.97 Å². The first-order valence-corrected chi connectivity index (χ1v) is 6.88. The van der Waals surface area contributed by atoms with Crippen molar-refractivity contribution in [3.8, 4) is 11.3 Å². The van der Waals surface area contributed by atoms with Crippen molar-refractivity contribution in [2.75, 3.05) is 0 Å². The lowest BCUT2D eigenvalue weighted by molar-refractivity contribution is 0.0695. The number of nitrogens with zero attached hydrogens (tertiary/aromatic N) is 1. The van der Waals surface area contributed by atoms with Crippen molar-refractivity contribution in [1.82, 2.24) is 4.98 Å². The molecule has 20 heavy (non-hydrogen) atoms. The van der Waals surface area contributed by atoms with Crippen LogP contribution >= 0.6 is 0 Å². The molecule has 0 unspecified atom stereocenters. The number of aryl methyl sites for hydroxylation is 2. The molecule has 102 valence electrons. The molecule has 1 saturated carbocycles. The number of hydrogen-bond acceptors (Lipinski definition) is 2. The van der Waals surface area contributed by atoms with E-state index in [1.165, 1.54) is 5.56 Å². The Morgan fingerprint density at radius 2 is 1.85 bits per heavy atom. The van der Waals surface area contributed by atoms with Crippen molar-refractivity contribution in [3.05, 3.63) is 52.7 Å².